The number of carbonyl (C=O) groups is 2. The Hall–Kier alpha value is -3.39. The molecule has 0 saturated heterocycles. The van der Waals surface area contributed by atoms with E-state index in [2.05, 4.69) is 10.6 Å². The molecular weight excluding hydrogens is 419 g/mol. The molecule has 2 amide bonds. The van der Waals surface area contributed by atoms with Gasteiger partial charge in [0.1, 0.15) is 17.3 Å². The summed E-state index contributed by atoms with van der Waals surface area (Å²) in [6.45, 7) is 4.33. The Bertz CT molecular complexity index is 1050. The number of hydrogen-bond acceptors (Lipinski definition) is 5. The van der Waals surface area contributed by atoms with Crippen molar-refractivity contribution in [1.29, 1.82) is 0 Å². The number of thiophene rings is 1. The molecule has 162 valence electrons. The van der Waals surface area contributed by atoms with Crippen LogP contribution in [0.25, 0.3) is 0 Å². The van der Waals surface area contributed by atoms with Crippen LogP contribution in [0.4, 0.5) is 15.8 Å². The molecule has 0 aliphatic heterocycles. The number of ether oxygens (including phenoxy) is 2. The van der Waals surface area contributed by atoms with E-state index in [1.807, 2.05) is 31.4 Å². The standard InChI is InChI=1S/C23H23FN2O4S/c1-3-29-20-14-19(26-23(28)15-7-5-8-16(24)11-15)21(30-4-2)13-18(20)25-22(27)12-17-9-6-10-31-17/h5-11,13-14H,3-4,12H2,1-2H3,(H,25,27)(H,26,28). The van der Waals surface area contributed by atoms with Crippen molar-refractivity contribution in [1.82, 2.24) is 0 Å². The van der Waals surface area contributed by atoms with Crippen molar-refractivity contribution < 1.29 is 23.5 Å². The van der Waals surface area contributed by atoms with Gasteiger partial charge in [-0.05, 0) is 43.5 Å². The second-order valence-electron chi connectivity index (χ2n) is 6.48. The monoisotopic (exact) mass is 442 g/mol. The van der Waals surface area contributed by atoms with Gasteiger partial charge in [-0.25, -0.2) is 4.39 Å². The molecule has 1 heterocycles. The minimum Gasteiger partial charge on any atom is -0.492 e. The van der Waals surface area contributed by atoms with E-state index in [1.54, 1.807) is 12.1 Å². The van der Waals surface area contributed by atoms with E-state index in [0.717, 1.165) is 10.9 Å². The Balaban J connectivity index is 1.87. The van der Waals surface area contributed by atoms with Crippen molar-refractivity contribution >= 4 is 34.5 Å². The number of hydrogen-bond donors (Lipinski definition) is 2. The first kappa shape index (κ1) is 22.3. The van der Waals surface area contributed by atoms with E-state index in [9.17, 15) is 14.0 Å². The van der Waals surface area contributed by atoms with Gasteiger partial charge in [0.2, 0.25) is 5.91 Å². The summed E-state index contributed by atoms with van der Waals surface area (Å²) in [5.41, 5.74) is 0.972. The van der Waals surface area contributed by atoms with Gasteiger partial charge < -0.3 is 20.1 Å². The van der Waals surface area contributed by atoms with Gasteiger partial charge in [-0.2, -0.15) is 0 Å². The molecule has 2 aromatic carbocycles. The fourth-order valence-corrected chi connectivity index (χ4v) is 3.60. The van der Waals surface area contributed by atoms with Crippen LogP contribution in [0.5, 0.6) is 11.5 Å². The summed E-state index contributed by atoms with van der Waals surface area (Å²) in [6.07, 6.45) is 0.241. The normalized spacial score (nSPS) is 10.4. The number of amides is 2. The second kappa shape index (κ2) is 10.6. The zero-order chi connectivity index (χ0) is 22.2. The van der Waals surface area contributed by atoms with E-state index in [4.69, 9.17) is 9.47 Å². The molecule has 0 atom stereocenters. The molecule has 0 saturated carbocycles. The molecule has 0 radical (unpaired) electrons. The van der Waals surface area contributed by atoms with Gasteiger partial charge >= 0.3 is 0 Å². The Morgan fingerprint density at radius 1 is 0.935 bits per heavy atom. The molecule has 0 aliphatic carbocycles. The van der Waals surface area contributed by atoms with Gasteiger partial charge in [-0.3, -0.25) is 9.59 Å². The SMILES string of the molecule is CCOc1cc(NC(=O)c2cccc(F)c2)c(OCC)cc1NC(=O)Cc1cccs1. The van der Waals surface area contributed by atoms with Crippen molar-refractivity contribution in [3.8, 4) is 11.5 Å². The van der Waals surface area contributed by atoms with Crippen molar-refractivity contribution in [3.05, 3.63) is 70.2 Å². The van der Waals surface area contributed by atoms with Crippen LogP contribution >= 0.6 is 11.3 Å². The maximum atomic E-state index is 13.5. The van der Waals surface area contributed by atoms with Gasteiger partial charge in [-0.15, -0.1) is 11.3 Å². The van der Waals surface area contributed by atoms with E-state index >= 15 is 0 Å². The topological polar surface area (TPSA) is 76.7 Å². The summed E-state index contributed by atoms with van der Waals surface area (Å²) in [7, 11) is 0. The fraction of sp³-hybridized carbons (Fsp3) is 0.217. The first-order valence-corrected chi connectivity index (χ1v) is 10.7. The molecule has 3 aromatic rings. The smallest absolute Gasteiger partial charge is 0.255 e. The van der Waals surface area contributed by atoms with Crippen LogP contribution in [-0.4, -0.2) is 25.0 Å². The van der Waals surface area contributed by atoms with Gasteiger partial charge in [0, 0.05) is 22.6 Å². The first-order chi connectivity index (χ1) is 15.0. The lowest BCUT2D eigenvalue weighted by Crippen LogP contribution is -2.16. The predicted molar refractivity (Wildman–Crippen MR) is 120 cm³/mol. The highest BCUT2D eigenvalue weighted by atomic mass is 32.1. The number of anilines is 2. The molecule has 0 spiro atoms. The van der Waals surface area contributed by atoms with Crippen LogP contribution in [0.15, 0.2) is 53.9 Å². The van der Waals surface area contributed by atoms with Crippen molar-refractivity contribution in [2.45, 2.75) is 20.3 Å². The van der Waals surface area contributed by atoms with Crippen LogP contribution in [0.1, 0.15) is 29.1 Å². The Morgan fingerprint density at radius 2 is 1.61 bits per heavy atom. The average Bonchev–Trinajstić information content (AvgIpc) is 3.24. The Kier molecular flexibility index (Phi) is 7.61. The van der Waals surface area contributed by atoms with E-state index in [0.29, 0.717) is 36.1 Å². The molecule has 6 nitrogen and oxygen atoms in total. The number of nitrogens with one attached hydrogen (secondary N) is 2. The van der Waals surface area contributed by atoms with E-state index in [-0.39, 0.29) is 17.9 Å². The van der Waals surface area contributed by atoms with Gasteiger partial charge in [0.05, 0.1) is 31.0 Å². The molecule has 31 heavy (non-hydrogen) atoms. The maximum Gasteiger partial charge on any atom is 0.255 e. The lowest BCUT2D eigenvalue weighted by Gasteiger charge is -2.18. The predicted octanol–water partition coefficient (Wildman–Crippen LogP) is 5.12. The van der Waals surface area contributed by atoms with Crippen LogP contribution in [0.2, 0.25) is 0 Å². The van der Waals surface area contributed by atoms with E-state index in [1.165, 1.54) is 29.5 Å². The number of carbonyl (C=O) groups excluding carboxylic acids is 2. The third-order valence-electron chi connectivity index (χ3n) is 4.21. The van der Waals surface area contributed by atoms with Crippen molar-refractivity contribution in [2.75, 3.05) is 23.8 Å². The van der Waals surface area contributed by atoms with Crippen LogP contribution in [-0.2, 0) is 11.2 Å². The summed E-state index contributed by atoms with van der Waals surface area (Å²) < 4.78 is 24.8. The van der Waals surface area contributed by atoms with Crippen LogP contribution in [0.3, 0.4) is 0 Å². The lowest BCUT2D eigenvalue weighted by molar-refractivity contribution is -0.115. The molecule has 0 bridgehead atoms. The Morgan fingerprint density at radius 3 is 2.19 bits per heavy atom. The van der Waals surface area contributed by atoms with Crippen molar-refractivity contribution in [3.63, 3.8) is 0 Å². The van der Waals surface area contributed by atoms with Crippen molar-refractivity contribution in [2.24, 2.45) is 0 Å². The summed E-state index contributed by atoms with van der Waals surface area (Å²) in [4.78, 5) is 26.0. The highest BCUT2D eigenvalue weighted by Crippen LogP contribution is 2.37. The number of halogens is 1. The molecule has 8 heteroatoms. The summed E-state index contributed by atoms with van der Waals surface area (Å²) in [6, 6.07) is 12.4. The van der Waals surface area contributed by atoms with Gasteiger partial charge in [-0.1, -0.05) is 12.1 Å². The molecular formula is C23H23FN2O4S. The minimum absolute atomic E-state index is 0.175. The Labute approximate surface area is 184 Å². The molecule has 2 N–H and O–H groups in total. The zero-order valence-electron chi connectivity index (χ0n) is 17.2. The van der Waals surface area contributed by atoms with E-state index < -0.39 is 11.7 Å². The van der Waals surface area contributed by atoms with Gasteiger partial charge in [0.25, 0.3) is 5.91 Å². The highest BCUT2D eigenvalue weighted by Gasteiger charge is 2.17. The zero-order valence-corrected chi connectivity index (χ0v) is 18.1. The highest BCUT2D eigenvalue weighted by molar-refractivity contribution is 7.10. The van der Waals surface area contributed by atoms with Crippen LogP contribution < -0.4 is 20.1 Å². The lowest BCUT2D eigenvalue weighted by atomic mass is 10.2. The van der Waals surface area contributed by atoms with Gasteiger partial charge in [0.15, 0.2) is 0 Å². The molecule has 0 unspecified atom stereocenters. The number of benzene rings is 2. The molecule has 0 fully saturated rings. The quantitative estimate of drug-likeness (QED) is 0.482. The molecule has 1 aromatic heterocycles. The fourth-order valence-electron chi connectivity index (χ4n) is 2.90. The summed E-state index contributed by atoms with van der Waals surface area (Å²) >= 11 is 1.50. The molecule has 3 rings (SSSR count). The first-order valence-electron chi connectivity index (χ1n) is 9.83. The third-order valence-corrected chi connectivity index (χ3v) is 5.08. The van der Waals surface area contributed by atoms with Crippen LogP contribution in [0, 0.1) is 5.82 Å². The second-order valence-corrected chi connectivity index (χ2v) is 7.51. The minimum atomic E-state index is -0.503. The summed E-state index contributed by atoms with van der Waals surface area (Å²) in [5, 5.41) is 7.50. The summed E-state index contributed by atoms with van der Waals surface area (Å²) in [5.74, 6) is -0.432. The third kappa shape index (κ3) is 6.05. The molecule has 0 aliphatic rings. The number of rotatable bonds is 9. The largest absolute Gasteiger partial charge is 0.492 e. The average molecular weight is 443 g/mol. The maximum absolute atomic E-state index is 13.5.